The van der Waals surface area contributed by atoms with Gasteiger partial charge in [-0.2, -0.15) is 5.10 Å². The van der Waals surface area contributed by atoms with Crippen LogP contribution in [0.4, 0.5) is 4.39 Å². The maximum Gasteiger partial charge on any atom is 0.341 e. The van der Waals surface area contributed by atoms with E-state index in [1.807, 2.05) is 19.0 Å². The van der Waals surface area contributed by atoms with Gasteiger partial charge < -0.3 is 14.5 Å². The van der Waals surface area contributed by atoms with Crippen LogP contribution >= 0.6 is 0 Å². The van der Waals surface area contributed by atoms with E-state index in [2.05, 4.69) is 5.10 Å². The molecule has 8 heteroatoms. The number of nitrogens with zero attached hydrogens (tertiary/aromatic N) is 4. The van der Waals surface area contributed by atoms with Gasteiger partial charge in [0.15, 0.2) is 0 Å². The quantitative estimate of drug-likeness (QED) is 0.463. The van der Waals surface area contributed by atoms with E-state index < -0.39 is 5.97 Å². The van der Waals surface area contributed by atoms with Crippen LogP contribution in [-0.4, -0.2) is 65.2 Å². The fourth-order valence-electron chi connectivity index (χ4n) is 3.39. The first-order chi connectivity index (χ1) is 15.8. The van der Waals surface area contributed by atoms with Crippen molar-refractivity contribution in [1.29, 1.82) is 0 Å². The zero-order chi connectivity index (χ0) is 24.0. The second-order valence-corrected chi connectivity index (χ2v) is 7.98. The van der Waals surface area contributed by atoms with E-state index in [1.165, 1.54) is 18.3 Å². The summed E-state index contributed by atoms with van der Waals surface area (Å²) in [5.74, 6) is -0.831. The number of ether oxygens (including phenoxy) is 1. The van der Waals surface area contributed by atoms with Gasteiger partial charge in [0.1, 0.15) is 11.4 Å². The summed E-state index contributed by atoms with van der Waals surface area (Å²) in [4.78, 5) is 29.1. The minimum atomic E-state index is -0.412. The van der Waals surface area contributed by atoms with Crippen LogP contribution in [0.3, 0.4) is 0 Å². The van der Waals surface area contributed by atoms with Gasteiger partial charge in [-0.05, 0) is 69.9 Å². The number of carbonyl (C=O) groups excluding carboxylic acids is 2. The highest BCUT2D eigenvalue weighted by Crippen LogP contribution is 2.18. The molecule has 0 aliphatic rings. The van der Waals surface area contributed by atoms with Crippen LogP contribution in [0.1, 0.15) is 38.9 Å². The number of amides is 1. The standard InChI is InChI=1S/C25H29FN4O3/c1-5-33-25(32)23-16-27-30(18(23)2)22-12-8-20(9-13-22)24(31)29(15-14-28(3)4)17-19-6-10-21(26)11-7-19/h6-13,16H,5,14-15,17H2,1-4H3. The number of hydrogen-bond acceptors (Lipinski definition) is 5. The Morgan fingerprint density at radius 1 is 1.03 bits per heavy atom. The summed E-state index contributed by atoms with van der Waals surface area (Å²) >= 11 is 0. The molecule has 1 heterocycles. The maximum absolute atomic E-state index is 13.3. The van der Waals surface area contributed by atoms with Gasteiger partial charge in [-0.3, -0.25) is 4.79 Å². The Balaban J connectivity index is 1.80. The highest BCUT2D eigenvalue weighted by molar-refractivity contribution is 5.94. The Morgan fingerprint density at radius 2 is 1.70 bits per heavy atom. The third-order valence-corrected chi connectivity index (χ3v) is 5.26. The number of rotatable bonds is 9. The third-order valence-electron chi connectivity index (χ3n) is 5.26. The van der Waals surface area contributed by atoms with E-state index >= 15 is 0 Å². The number of likely N-dealkylation sites (N-methyl/N-ethyl adjacent to an activating group) is 1. The van der Waals surface area contributed by atoms with E-state index in [0.717, 1.165) is 11.3 Å². The van der Waals surface area contributed by atoms with Gasteiger partial charge in [-0.15, -0.1) is 0 Å². The van der Waals surface area contributed by atoms with Crippen LogP contribution in [0.25, 0.3) is 5.69 Å². The molecule has 0 radical (unpaired) electrons. The van der Waals surface area contributed by atoms with Gasteiger partial charge >= 0.3 is 5.97 Å². The number of hydrogen-bond donors (Lipinski definition) is 0. The molecular formula is C25H29FN4O3. The summed E-state index contributed by atoms with van der Waals surface area (Å²) in [7, 11) is 3.90. The molecule has 2 aromatic carbocycles. The predicted molar refractivity (Wildman–Crippen MR) is 124 cm³/mol. The molecular weight excluding hydrogens is 423 g/mol. The molecule has 33 heavy (non-hydrogen) atoms. The Kier molecular flexibility index (Phi) is 7.95. The summed E-state index contributed by atoms with van der Waals surface area (Å²) in [6, 6.07) is 13.3. The zero-order valence-corrected chi connectivity index (χ0v) is 19.4. The van der Waals surface area contributed by atoms with E-state index in [1.54, 1.807) is 59.8 Å². The molecule has 0 saturated heterocycles. The van der Waals surface area contributed by atoms with Crippen LogP contribution in [0.15, 0.2) is 54.7 Å². The Labute approximate surface area is 193 Å². The second kappa shape index (κ2) is 10.9. The van der Waals surface area contributed by atoms with Gasteiger partial charge in [-0.1, -0.05) is 12.1 Å². The summed E-state index contributed by atoms with van der Waals surface area (Å²) in [6.07, 6.45) is 1.48. The van der Waals surface area contributed by atoms with E-state index in [0.29, 0.717) is 43.1 Å². The van der Waals surface area contributed by atoms with Crippen molar-refractivity contribution in [2.45, 2.75) is 20.4 Å². The number of aromatic nitrogens is 2. The topological polar surface area (TPSA) is 67.7 Å². The predicted octanol–water partition coefficient (Wildman–Crippen LogP) is 3.70. The normalized spacial score (nSPS) is 11.0. The average Bonchev–Trinajstić information content (AvgIpc) is 3.19. The lowest BCUT2D eigenvalue weighted by molar-refractivity contribution is 0.0525. The first kappa shape index (κ1) is 24.1. The van der Waals surface area contributed by atoms with Crippen molar-refractivity contribution in [2.24, 2.45) is 0 Å². The smallest absolute Gasteiger partial charge is 0.341 e. The van der Waals surface area contributed by atoms with Crippen LogP contribution in [0, 0.1) is 12.7 Å². The number of esters is 1. The summed E-state index contributed by atoms with van der Waals surface area (Å²) < 4.78 is 20.0. The fraction of sp³-hybridized carbons (Fsp3) is 0.320. The number of benzene rings is 2. The lowest BCUT2D eigenvalue weighted by Crippen LogP contribution is -2.36. The minimum absolute atomic E-state index is 0.114. The van der Waals surface area contributed by atoms with E-state index in [4.69, 9.17) is 4.74 Å². The van der Waals surface area contributed by atoms with Gasteiger partial charge in [-0.25, -0.2) is 13.9 Å². The molecule has 0 spiro atoms. The maximum atomic E-state index is 13.3. The molecule has 3 aromatic rings. The van der Waals surface area contributed by atoms with Crippen LogP contribution in [0.2, 0.25) is 0 Å². The molecule has 3 rings (SSSR count). The molecule has 174 valence electrons. The Morgan fingerprint density at radius 3 is 2.30 bits per heavy atom. The van der Waals surface area contributed by atoms with E-state index in [9.17, 15) is 14.0 Å². The van der Waals surface area contributed by atoms with Gasteiger partial charge in [0.25, 0.3) is 5.91 Å². The Hall–Kier alpha value is -3.52. The molecule has 0 bridgehead atoms. The van der Waals surface area contributed by atoms with Gasteiger partial charge in [0.05, 0.1) is 24.2 Å². The highest BCUT2D eigenvalue weighted by atomic mass is 19.1. The van der Waals surface area contributed by atoms with Crippen molar-refractivity contribution < 1.29 is 18.7 Å². The van der Waals surface area contributed by atoms with Crippen molar-refractivity contribution in [3.8, 4) is 5.69 Å². The molecule has 0 aliphatic heterocycles. The van der Waals surface area contributed by atoms with Crippen molar-refractivity contribution in [2.75, 3.05) is 33.8 Å². The summed E-state index contributed by atoms with van der Waals surface area (Å²) in [5, 5.41) is 4.30. The largest absolute Gasteiger partial charge is 0.462 e. The van der Waals surface area contributed by atoms with E-state index in [-0.39, 0.29) is 11.7 Å². The number of carbonyl (C=O) groups is 2. The second-order valence-electron chi connectivity index (χ2n) is 7.98. The molecule has 0 aliphatic carbocycles. The first-order valence-electron chi connectivity index (χ1n) is 10.8. The van der Waals surface area contributed by atoms with Crippen molar-refractivity contribution in [1.82, 2.24) is 19.6 Å². The van der Waals surface area contributed by atoms with Crippen molar-refractivity contribution in [3.63, 3.8) is 0 Å². The van der Waals surface area contributed by atoms with Gasteiger partial charge in [0, 0.05) is 25.2 Å². The summed E-state index contributed by atoms with van der Waals surface area (Å²) in [5.41, 5.74) is 3.20. The molecule has 0 saturated carbocycles. The monoisotopic (exact) mass is 452 g/mol. The lowest BCUT2D eigenvalue weighted by atomic mass is 10.1. The third kappa shape index (κ3) is 6.04. The van der Waals surface area contributed by atoms with Crippen LogP contribution in [-0.2, 0) is 11.3 Å². The first-order valence-corrected chi connectivity index (χ1v) is 10.8. The molecule has 0 fully saturated rings. The van der Waals surface area contributed by atoms with Gasteiger partial charge in [0.2, 0.25) is 0 Å². The fourth-order valence-corrected chi connectivity index (χ4v) is 3.39. The number of halogens is 1. The summed E-state index contributed by atoms with van der Waals surface area (Å²) in [6.45, 7) is 5.47. The molecule has 0 N–H and O–H groups in total. The molecule has 7 nitrogen and oxygen atoms in total. The molecule has 1 amide bonds. The van der Waals surface area contributed by atoms with Crippen molar-refractivity contribution in [3.05, 3.63) is 82.9 Å². The molecule has 0 atom stereocenters. The minimum Gasteiger partial charge on any atom is -0.462 e. The SMILES string of the molecule is CCOC(=O)c1cnn(-c2ccc(C(=O)N(CCN(C)C)Cc3ccc(F)cc3)cc2)c1C. The molecule has 0 unspecified atom stereocenters. The van der Waals surface area contributed by atoms with Crippen molar-refractivity contribution >= 4 is 11.9 Å². The lowest BCUT2D eigenvalue weighted by Gasteiger charge is -2.25. The molecule has 1 aromatic heterocycles. The van der Waals surface area contributed by atoms with Crippen LogP contribution < -0.4 is 0 Å². The average molecular weight is 453 g/mol. The zero-order valence-electron chi connectivity index (χ0n) is 19.4. The highest BCUT2D eigenvalue weighted by Gasteiger charge is 2.19. The van der Waals surface area contributed by atoms with Crippen LogP contribution in [0.5, 0.6) is 0 Å². The Bertz CT molecular complexity index is 1090.